The van der Waals surface area contributed by atoms with Crippen molar-refractivity contribution in [2.75, 3.05) is 17.2 Å². The number of carbonyl (C=O) groups excluding carboxylic acids is 2. The molecule has 10 heteroatoms. The molecule has 1 aromatic carbocycles. The number of aryl methyl sites for hydroxylation is 1. The minimum absolute atomic E-state index is 0.229. The molecule has 3 N–H and O–H groups in total. The first-order valence-corrected chi connectivity index (χ1v) is 8.26. The number of carbonyl (C=O) groups is 2. The molecule has 1 aromatic heterocycles. The van der Waals surface area contributed by atoms with Crippen LogP contribution in [0.3, 0.4) is 0 Å². The topological polar surface area (TPSA) is 92.4 Å². The van der Waals surface area contributed by atoms with Gasteiger partial charge in [-0.3, -0.25) is 4.79 Å². The lowest BCUT2D eigenvalue weighted by molar-refractivity contribution is -0.274. The number of benzene rings is 1. The zero-order valence-electron chi connectivity index (χ0n) is 15.2. The number of hydrogen-bond donors (Lipinski definition) is 3. The molecule has 7 nitrogen and oxygen atoms in total. The van der Waals surface area contributed by atoms with E-state index in [9.17, 15) is 22.8 Å². The summed E-state index contributed by atoms with van der Waals surface area (Å²) >= 11 is 0. The smallest absolute Gasteiger partial charge is 0.406 e. The fraction of sp³-hybridized carbons (Fsp3) is 0.278. The van der Waals surface area contributed by atoms with Gasteiger partial charge in [-0.05, 0) is 55.3 Å². The molecule has 0 radical (unpaired) electrons. The molecule has 2 aromatic rings. The van der Waals surface area contributed by atoms with E-state index in [1.165, 1.54) is 19.1 Å². The molecule has 0 fully saturated rings. The summed E-state index contributed by atoms with van der Waals surface area (Å²) in [6, 6.07) is 7.85. The Kier molecular flexibility index (Phi) is 6.80. The lowest BCUT2D eigenvalue weighted by atomic mass is 10.1. The van der Waals surface area contributed by atoms with Gasteiger partial charge in [0.25, 0.3) is 0 Å². The second-order valence-corrected chi connectivity index (χ2v) is 5.89. The molecule has 0 saturated carbocycles. The van der Waals surface area contributed by atoms with Gasteiger partial charge in [-0.2, -0.15) is 0 Å². The van der Waals surface area contributed by atoms with Gasteiger partial charge in [-0.15, -0.1) is 13.2 Å². The molecule has 0 aliphatic rings. The maximum Gasteiger partial charge on any atom is 0.573 e. The van der Waals surface area contributed by atoms with Crippen molar-refractivity contribution in [3.63, 3.8) is 0 Å². The fourth-order valence-corrected chi connectivity index (χ4v) is 2.36. The summed E-state index contributed by atoms with van der Waals surface area (Å²) in [6.07, 6.45) is -4.26. The summed E-state index contributed by atoms with van der Waals surface area (Å²) in [5, 5.41) is 7.76. The van der Waals surface area contributed by atoms with Crippen molar-refractivity contribution in [2.24, 2.45) is 0 Å². The highest BCUT2D eigenvalue weighted by molar-refractivity contribution is 5.89. The molecule has 0 aliphatic heterocycles. The largest absolute Gasteiger partial charge is 0.573 e. The molecule has 0 aliphatic carbocycles. The predicted molar refractivity (Wildman–Crippen MR) is 97.1 cm³/mol. The average Bonchev–Trinajstić information content (AvgIpc) is 2.54. The van der Waals surface area contributed by atoms with Crippen LogP contribution in [-0.4, -0.2) is 29.8 Å². The van der Waals surface area contributed by atoms with Gasteiger partial charge >= 0.3 is 12.4 Å². The highest BCUT2D eigenvalue weighted by Crippen LogP contribution is 2.23. The number of rotatable bonds is 6. The quantitative estimate of drug-likeness (QED) is 0.696. The second-order valence-electron chi connectivity index (χ2n) is 5.89. The summed E-state index contributed by atoms with van der Waals surface area (Å²) in [4.78, 5) is 27.2. The number of halogens is 3. The highest BCUT2D eigenvalue weighted by Gasteiger charge is 2.30. The van der Waals surface area contributed by atoms with Gasteiger partial charge in [0.2, 0.25) is 5.91 Å². The van der Waals surface area contributed by atoms with E-state index in [-0.39, 0.29) is 11.7 Å². The number of anilines is 2. The molecule has 150 valence electrons. The molecule has 1 heterocycles. The van der Waals surface area contributed by atoms with Crippen molar-refractivity contribution in [1.82, 2.24) is 10.3 Å². The van der Waals surface area contributed by atoms with Crippen molar-refractivity contribution >= 4 is 23.4 Å². The van der Waals surface area contributed by atoms with E-state index >= 15 is 0 Å². The number of amides is 3. The van der Waals surface area contributed by atoms with Crippen molar-refractivity contribution in [3.05, 3.63) is 47.7 Å². The van der Waals surface area contributed by atoms with E-state index in [2.05, 4.69) is 25.7 Å². The Morgan fingerprint density at radius 2 is 1.79 bits per heavy atom. The number of pyridine rings is 1. The van der Waals surface area contributed by atoms with E-state index in [1.54, 1.807) is 13.0 Å². The summed E-state index contributed by atoms with van der Waals surface area (Å²) in [7, 11) is 0. The molecular formula is C18H19F3N4O3. The number of alkyl halides is 3. The van der Waals surface area contributed by atoms with Crippen LogP contribution in [0.15, 0.2) is 36.4 Å². The zero-order valence-corrected chi connectivity index (χ0v) is 15.2. The monoisotopic (exact) mass is 396 g/mol. The van der Waals surface area contributed by atoms with Crippen LogP contribution in [-0.2, 0) is 11.2 Å². The lowest BCUT2D eigenvalue weighted by Crippen LogP contribution is -2.30. The minimum atomic E-state index is -4.77. The van der Waals surface area contributed by atoms with Crippen LogP contribution in [0.25, 0.3) is 0 Å². The molecule has 28 heavy (non-hydrogen) atoms. The first-order chi connectivity index (χ1) is 13.1. The van der Waals surface area contributed by atoms with E-state index < -0.39 is 12.4 Å². The van der Waals surface area contributed by atoms with Crippen LogP contribution in [0.5, 0.6) is 5.75 Å². The van der Waals surface area contributed by atoms with Crippen LogP contribution in [0.1, 0.15) is 18.2 Å². The molecule has 0 atom stereocenters. The first-order valence-electron chi connectivity index (χ1n) is 8.26. The summed E-state index contributed by atoms with van der Waals surface area (Å²) in [5.74, 6) is -0.164. The van der Waals surface area contributed by atoms with Gasteiger partial charge in [0.05, 0.1) is 0 Å². The third kappa shape index (κ3) is 7.52. The third-order valence-corrected chi connectivity index (χ3v) is 3.36. The van der Waals surface area contributed by atoms with Gasteiger partial charge < -0.3 is 20.7 Å². The van der Waals surface area contributed by atoms with Crippen molar-refractivity contribution in [1.29, 1.82) is 0 Å². The van der Waals surface area contributed by atoms with E-state index in [1.807, 2.05) is 6.07 Å². The Morgan fingerprint density at radius 3 is 2.39 bits per heavy atom. The van der Waals surface area contributed by atoms with Crippen LogP contribution in [0, 0.1) is 6.92 Å². The molecule has 0 unspecified atom stereocenters. The van der Waals surface area contributed by atoms with Crippen LogP contribution in [0.2, 0.25) is 0 Å². The Bertz CT molecular complexity index is 839. The Hall–Kier alpha value is -3.30. The van der Waals surface area contributed by atoms with Gasteiger partial charge in [-0.25, -0.2) is 9.78 Å². The van der Waals surface area contributed by atoms with E-state index in [4.69, 9.17) is 0 Å². The van der Waals surface area contributed by atoms with Crippen LogP contribution < -0.4 is 20.7 Å². The van der Waals surface area contributed by atoms with Crippen molar-refractivity contribution in [3.8, 4) is 5.75 Å². The molecular weight excluding hydrogens is 377 g/mol. The minimum Gasteiger partial charge on any atom is -0.406 e. The number of hydrogen-bond acceptors (Lipinski definition) is 4. The Morgan fingerprint density at radius 1 is 1.11 bits per heavy atom. The standard InChI is InChI=1S/C18H19F3N4O3/c1-11-9-13(10-16(23-11)24-12(2)26)7-8-22-17(27)25-14-3-5-15(6-4-14)28-18(19,20)21/h3-6,9-10H,7-8H2,1-2H3,(H2,22,25,27)(H,23,24,26). The average molecular weight is 396 g/mol. The zero-order chi connectivity index (χ0) is 20.7. The highest BCUT2D eigenvalue weighted by atomic mass is 19.4. The maximum absolute atomic E-state index is 12.1. The van der Waals surface area contributed by atoms with E-state index in [0.29, 0.717) is 24.5 Å². The Labute approximate surface area is 159 Å². The molecule has 0 saturated heterocycles. The lowest BCUT2D eigenvalue weighted by Gasteiger charge is -2.11. The molecule has 2 rings (SSSR count). The normalized spacial score (nSPS) is 10.9. The number of aromatic nitrogens is 1. The van der Waals surface area contributed by atoms with Crippen LogP contribution >= 0.6 is 0 Å². The summed E-state index contributed by atoms with van der Waals surface area (Å²) in [6.45, 7) is 3.49. The Balaban J connectivity index is 1.83. The number of nitrogens with zero attached hydrogens (tertiary/aromatic N) is 1. The van der Waals surface area contributed by atoms with Gasteiger partial charge in [0, 0.05) is 24.8 Å². The van der Waals surface area contributed by atoms with Crippen molar-refractivity contribution < 1.29 is 27.5 Å². The third-order valence-electron chi connectivity index (χ3n) is 3.36. The van der Waals surface area contributed by atoms with Gasteiger partial charge in [-0.1, -0.05) is 0 Å². The molecule has 3 amide bonds. The number of urea groups is 1. The van der Waals surface area contributed by atoms with Gasteiger partial charge in [0.15, 0.2) is 0 Å². The predicted octanol–water partition coefficient (Wildman–Crippen LogP) is 3.61. The first kappa shape index (κ1) is 21.0. The second kappa shape index (κ2) is 9.07. The van der Waals surface area contributed by atoms with Crippen LogP contribution in [0.4, 0.5) is 29.5 Å². The molecule has 0 spiro atoms. The van der Waals surface area contributed by atoms with Crippen molar-refractivity contribution in [2.45, 2.75) is 26.6 Å². The number of ether oxygens (including phenoxy) is 1. The summed E-state index contributed by atoms with van der Waals surface area (Å²) < 4.78 is 40.1. The van der Waals surface area contributed by atoms with E-state index in [0.717, 1.165) is 23.4 Å². The van der Waals surface area contributed by atoms with Gasteiger partial charge in [0.1, 0.15) is 11.6 Å². The summed E-state index contributed by atoms with van der Waals surface area (Å²) in [5.41, 5.74) is 1.93. The SMILES string of the molecule is CC(=O)Nc1cc(CCNC(=O)Nc2ccc(OC(F)(F)F)cc2)cc(C)n1. The maximum atomic E-state index is 12.1. The molecule has 0 bridgehead atoms. The number of nitrogens with one attached hydrogen (secondary N) is 3. The fourth-order valence-electron chi connectivity index (χ4n) is 2.36.